The van der Waals surface area contributed by atoms with E-state index >= 15 is 0 Å². The molecular formula is C19H20ClN3O4S. The molecule has 2 heterocycles. The van der Waals surface area contributed by atoms with Crippen LogP contribution in [-0.2, 0) is 16.1 Å². The minimum absolute atomic E-state index is 0.133. The number of nitrogens with one attached hydrogen (secondary N) is 1. The van der Waals surface area contributed by atoms with Gasteiger partial charge in [0.15, 0.2) is 5.16 Å². The Labute approximate surface area is 171 Å². The number of hydrogen-bond acceptors (Lipinski definition) is 6. The third-order valence-corrected chi connectivity index (χ3v) is 5.17. The van der Waals surface area contributed by atoms with Gasteiger partial charge in [-0.25, -0.2) is 4.98 Å². The number of carbonyl (C=O) groups excluding carboxylic acids is 1. The summed E-state index contributed by atoms with van der Waals surface area (Å²) in [7, 11) is 1.62. The quantitative estimate of drug-likeness (QED) is 0.325. The van der Waals surface area contributed by atoms with Crippen molar-refractivity contribution >= 4 is 40.2 Å². The molecule has 148 valence electrons. The number of fused-ring (bicyclic) bond motifs is 1. The number of nitrogens with zero attached hydrogens (tertiary/aromatic N) is 2. The maximum absolute atomic E-state index is 13.0. The molecule has 0 saturated heterocycles. The first-order chi connectivity index (χ1) is 13.6. The summed E-state index contributed by atoms with van der Waals surface area (Å²) in [5.41, 5.74) is 0.289. The smallest absolute Gasteiger partial charge is 0.262 e. The number of methoxy groups -OCH3 is 1. The zero-order chi connectivity index (χ0) is 19.9. The standard InChI is InChI=1S/C19H20ClN3O4S/c1-26-8-3-7-21-17(24)12-28-19-22-16-10-13(20)5-6-15(16)18(25)23(19)11-14-4-2-9-27-14/h2,4-6,9-10H,3,7-8,11-12H2,1H3,(H,21,24). The maximum Gasteiger partial charge on any atom is 0.262 e. The topological polar surface area (TPSA) is 86.4 Å². The lowest BCUT2D eigenvalue weighted by atomic mass is 10.2. The number of aromatic nitrogens is 2. The summed E-state index contributed by atoms with van der Waals surface area (Å²) >= 11 is 7.24. The van der Waals surface area contributed by atoms with Crippen molar-refractivity contribution in [1.82, 2.24) is 14.9 Å². The summed E-state index contributed by atoms with van der Waals surface area (Å²) in [6.07, 6.45) is 2.29. The van der Waals surface area contributed by atoms with Gasteiger partial charge in [-0.05, 0) is 36.8 Å². The average Bonchev–Trinajstić information content (AvgIpc) is 3.19. The first-order valence-electron chi connectivity index (χ1n) is 8.69. The Hall–Kier alpha value is -2.29. The lowest BCUT2D eigenvalue weighted by Crippen LogP contribution is -2.28. The molecule has 0 bridgehead atoms. The van der Waals surface area contributed by atoms with Gasteiger partial charge in [-0.3, -0.25) is 14.2 Å². The van der Waals surface area contributed by atoms with Crippen LogP contribution in [0.15, 0.2) is 51.0 Å². The number of amides is 1. The fraction of sp³-hybridized carbons (Fsp3) is 0.316. The highest BCUT2D eigenvalue weighted by Gasteiger charge is 2.15. The molecule has 0 aliphatic rings. The highest BCUT2D eigenvalue weighted by Crippen LogP contribution is 2.21. The summed E-state index contributed by atoms with van der Waals surface area (Å²) in [5.74, 6) is 0.637. The number of benzene rings is 1. The van der Waals surface area contributed by atoms with Crippen molar-refractivity contribution in [2.75, 3.05) is 26.0 Å². The Morgan fingerprint density at radius 2 is 2.25 bits per heavy atom. The molecule has 1 amide bonds. The van der Waals surface area contributed by atoms with Gasteiger partial charge in [0.2, 0.25) is 5.91 Å². The van der Waals surface area contributed by atoms with Crippen LogP contribution in [0.3, 0.4) is 0 Å². The Balaban J connectivity index is 1.84. The van der Waals surface area contributed by atoms with Gasteiger partial charge in [0.25, 0.3) is 5.56 Å². The molecule has 0 spiro atoms. The van der Waals surface area contributed by atoms with Crippen LogP contribution in [0.4, 0.5) is 0 Å². The minimum atomic E-state index is -0.207. The minimum Gasteiger partial charge on any atom is -0.467 e. The summed E-state index contributed by atoms with van der Waals surface area (Å²) in [5, 5.41) is 4.21. The Kier molecular flexibility index (Phi) is 7.13. The van der Waals surface area contributed by atoms with Crippen LogP contribution < -0.4 is 10.9 Å². The van der Waals surface area contributed by atoms with Gasteiger partial charge >= 0.3 is 0 Å². The molecule has 1 N–H and O–H groups in total. The zero-order valence-corrected chi connectivity index (χ0v) is 16.9. The number of halogens is 1. The van der Waals surface area contributed by atoms with Crippen molar-refractivity contribution < 1.29 is 13.9 Å². The van der Waals surface area contributed by atoms with Crippen molar-refractivity contribution in [2.24, 2.45) is 0 Å². The predicted molar refractivity (Wildman–Crippen MR) is 109 cm³/mol. The second-order valence-electron chi connectivity index (χ2n) is 6.01. The van der Waals surface area contributed by atoms with Crippen molar-refractivity contribution in [3.05, 3.63) is 57.7 Å². The number of ether oxygens (including phenoxy) is 1. The normalized spacial score (nSPS) is 11.1. The summed E-state index contributed by atoms with van der Waals surface area (Å²) < 4.78 is 11.8. The van der Waals surface area contributed by atoms with Crippen LogP contribution >= 0.6 is 23.4 Å². The fourth-order valence-electron chi connectivity index (χ4n) is 2.61. The van der Waals surface area contributed by atoms with E-state index in [1.807, 2.05) is 0 Å². The van der Waals surface area contributed by atoms with E-state index in [2.05, 4.69) is 10.3 Å². The van der Waals surface area contributed by atoms with Gasteiger partial charge in [-0.15, -0.1) is 0 Å². The average molecular weight is 422 g/mol. The number of hydrogen-bond donors (Lipinski definition) is 1. The Bertz CT molecular complexity index is 1000. The molecule has 0 aliphatic heterocycles. The highest BCUT2D eigenvalue weighted by molar-refractivity contribution is 7.99. The molecule has 0 saturated carbocycles. The van der Waals surface area contributed by atoms with E-state index in [1.54, 1.807) is 43.7 Å². The largest absolute Gasteiger partial charge is 0.467 e. The van der Waals surface area contributed by atoms with Gasteiger partial charge in [-0.2, -0.15) is 0 Å². The van der Waals surface area contributed by atoms with Crippen LogP contribution in [0.1, 0.15) is 12.2 Å². The molecule has 0 radical (unpaired) electrons. The van der Waals surface area contributed by atoms with E-state index in [0.29, 0.717) is 40.0 Å². The molecule has 3 aromatic rings. The molecule has 0 aliphatic carbocycles. The van der Waals surface area contributed by atoms with Crippen LogP contribution in [0.5, 0.6) is 0 Å². The monoisotopic (exact) mass is 421 g/mol. The van der Waals surface area contributed by atoms with Crippen molar-refractivity contribution in [3.63, 3.8) is 0 Å². The third kappa shape index (κ3) is 5.15. The summed E-state index contributed by atoms with van der Waals surface area (Å²) in [6, 6.07) is 8.50. The van der Waals surface area contributed by atoms with Crippen LogP contribution in [0.25, 0.3) is 10.9 Å². The van der Waals surface area contributed by atoms with Crippen molar-refractivity contribution in [2.45, 2.75) is 18.1 Å². The molecule has 3 rings (SSSR count). The molecule has 9 heteroatoms. The van der Waals surface area contributed by atoms with Crippen LogP contribution in [0.2, 0.25) is 5.02 Å². The Morgan fingerprint density at radius 3 is 3.00 bits per heavy atom. The molecule has 2 aromatic heterocycles. The van der Waals surface area contributed by atoms with E-state index in [4.69, 9.17) is 20.8 Å². The lowest BCUT2D eigenvalue weighted by molar-refractivity contribution is -0.118. The highest BCUT2D eigenvalue weighted by atomic mass is 35.5. The first-order valence-corrected chi connectivity index (χ1v) is 10.1. The van der Waals surface area contributed by atoms with Crippen molar-refractivity contribution in [3.8, 4) is 0 Å². The number of rotatable bonds is 9. The van der Waals surface area contributed by atoms with Crippen LogP contribution in [0, 0.1) is 0 Å². The maximum atomic E-state index is 13.0. The summed E-state index contributed by atoms with van der Waals surface area (Å²) in [6.45, 7) is 1.35. The Morgan fingerprint density at radius 1 is 1.39 bits per heavy atom. The SMILES string of the molecule is COCCCNC(=O)CSc1nc2cc(Cl)ccc2c(=O)n1Cc1ccco1. The predicted octanol–water partition coefficient (Wildman–Crippen LogP) is 2.94. The number of furan rings is 1. The van der Waals surface area contributed by atoms with Gasteiger partial charge < -0.3 is 14.5 Å². The van der Waals surface area contributed by atoms with Gasteiger partial charge in [-0.1, -0.05) is 23.4 Å². The third-order valence-electron chi connectivity index (χ3n) is 3.96. The lowest BCUT2D eigenvalue weighted by Gasteiger charge is -2.12. The summed E-state index contributed by atoms with van der Waals surface area (Å²) in [4.78, 5) is 29.6. The van der Waals surface area contributed by atoms with Crippen LogP contribution in [-0.4, -0.2) is 41.5 Å². The van der Waals surface area contributed by atoms with E-state index in [-0.39, 0.29) is 23.8 Å². The second-order valence-corrected chi connectivity index (χ2v) is 7.39. The fourth-order valence-corrected chi connectivity index (χ4v) is 3.60. The zero-order valence-electron chi connectivity index (χ0n) is 15.3. The van der Waals surface area contributed by atoms with Gasteiger partial charge in [0.1, 0.15) is 5.76 Å². The molecule has 0 atom stereocenters. The van der Waals surface area contributed by atoms with E-state index in [9.17, 15) is 9.59 Å². The van der Waals surface area contributed by atoms with Gasteiger partial charge in [0, 0.05) is 25.3 Å². The molecule has 1 aromatic carbocycles. The van der Waals surface area contributed by atoms with E-state index in [1.165, 1.54) is 16.3 Å². The van der Waals surface area contributed by atoms with Crippen molar-refractivity contribution in [1.29, 1.82) is 0 Å². The molecule has 0 fully saturated rings. The van der Waals surface area contributed by atoms with E-state index in [0.717, 1.165) is 6.42 Å². The molecular weight excluding hydrogens is 402 g/mol. The number of carbonyl (C=O) groups is 1. The molecule has 0 unspecified atom stereocenters. The van der Waals surface area contributed by atoms with E-state index < -0.39 is 0 Å². The first kappa shape index (κ1) is 20.4. The molecule has 7 nitrogen and oxygen atoms in total. The van der Waals surface area contributed by atoms with Gasteiger partial charge in [0.05, 0.1) is 29.5 Å². The second kappa shape index (κ2) is 9.77. The molecule has 28 heavy (non-hydrogen) atoms. The number of thioether (sulfide) groups is 1.